The van der Waals surface area contributed by atoms with Crippen molar-refractivity contribution in [3.8, 4) is 0 Å². The van der Waals surface area contributed by atoms with Crippen LogP contribution in [0, 0.1) is 0 Å². The first-order valence-corrected chi connectivity index (χ1v) is 4.24. The van der Waals surface area contributed by atoms with E-state index < -0.39 is 0 Å². The molecule has 0 aromatic carbocycles. The Kier molecular flexibility index (Phi) is 5.66. The zero-order valence-electron chi connectivity index (χ0n) is 7.71. The van der Waals surface area contributed by atoms with E-state index in [1.807, 2.05) is 0 Å². The van der Waals surface area contributed by atoms with E-state index in [1.54, 1.807) is 13.8 Å². The summed E-state index contributed by atoms with van der Waals surface area (Å²) in [6.07, 6.45) is 1.82. The third-order valence-corrected chi connectivity index (χ3v) is 1.40. The molecule has 0 bridgehead atoms. The maximum atomic E-state index is 10.4. The molecule has 1 aliphatic rings. The second-order valence-electron chi connectivity index (χ2n) is 3.15. The predicted molar refractivity (Wildman–Crippen MR) is 47.6 cm³/mol. The van der Waals surface area contributed by atoms with E-state index >= 15 is 0 Å². The lowest BCUT2D eigenvalue weighted by molar-refractivity contribution is -0.119. The van der Waals surface area contributed by atoms with E-state index in [2.05, 4.69) is 5.32 Å². The first kappa shape index (κ1) is 11.4. The summed E-state index contributed by atoms with van der Waals surface area (Å²) in [6, 6.07) is -0.0463. The standard InChI is InChI=1S/C5H10N2O.C3H8O/c6-5(8)4-2-1-3-7-4;1-3(2)4/h4,7H,1-3H2,(H2,6,8);3-4H,1-2H3. The van der Waals surface area contributed by atoms with Gasteiger partial charge in [-0.15, -0.1) is 0 Å². The van der Waals surface area contributed by atoms with E-state index in [0.29, 0.717) is 0 Å². The van der Waals surface area contributed by atoms with Crippen molar-refractivity contribution in [3.63, 3.8) is 0 Å². The van der Waals surface area contributed by atoms with Gasteiger partial charge in [-0.1, -0.05) is 0 Å². The maximum Gasteiger partial charge on any atom is 0.234 e. The fourth-order valence-corrected chi connectivity index (χ4v) is 0.927. The molecule has 1 amide bonds. The Balaban J connectivity index is 0.000000261. The third kappa shape index (κ3) is 6.12. The lowest BCUT2D eigenvalue weighted by Gasteiger charge is -2.01. The average molecular weight is 174 g/mol. The molecule has 0 aliphatic carbocycles. The highest BCUT2D eigenvalue weighted by Crippen LogP contribution is 2.02. The fourth-order valence-electron chi connectivity index (χ4n) is 0.927. The van der Waals surface area contributed by atoms with Gasteiger partial charge in [0.2, 0.25) is 5.91 Å². The first-order chi connectivity index (χ1) is 5.54. The molecule has 0 radical (unpaired) electrons. The first-order valence-electron chi connectivity index (χ1n) is 4.24. The Bertz CT molecular complexity index is 128. The van der Waals surface area contributed by atoms with E-state index in [0.717, 1.165) is 19.4 Å². The maximum absolute atomic E-state index is 10.4. The molecule has 4 heteroatoms. The molecule has 1 heterocycles. The van der Waals surface area contributed by atoms with E-state index in [4.69, 9.17) is 10.8 Å². The monoisotopic (exact) mass is 174 g/mol. The number of nitrogens with two attached hydrogens (primary N) is 1. The minimum absolute atomic E-state index is 0.0463. The van der Waals surface area contributed by atoms with E-state index in [1.165, 1.54) is 0 Å². The van der Waals surface area contributed by atoms with Crippen LogP contribution < -0.4 is 11.1 Å². The molecular weight excluding hydrogens is 156 g/mol. The Morgan fingerprint density at radius 3 is 2.33 bits per heavy atom. The van der Waals surface area contributed by atoms with Crippen LogP contribution in [-0.4, -0.2) is 29.7 Å². The van der Waals surface area contributed by atoms with Crippen LogP contribution in [0.3, 0.4) is 0 Å². The molecule has 1 atom stereocenters. The second kappa shape index (κ2) is 5.97. The Labute approximate surface area is 73.1 Å². The number of rotatable bonds is 1. The molecular formula is C8H18N2O2. The van der Waals surface area contributed by atoms with Gasteiger partial charge in [-0.3, -0.25) is 4.79 Å². The molecule has 1 rings (SSSR count). The van der Waals surface area contributed by atoms with Gasteiger partial charge in [0, 0.05) is 6.10 Å². The van der Waals surface area contributed by atoms with Crippen LogP contribution in [0.2, 0.25) is 0 Å². The molecule has 1 aliphatic heterocycles. The molecule has 0 aromatic rings. The van der Waals surface area contributed by atoms with Crippen LogP contribution in [0.5, 0.6) is 0 Å². The molecule has 1 saturated heterocycles. The molecule has 0 aromatic heterocycles. The fraction of sp³-hybridized carbons (Fsp3) is 0.875. The molecule has 72 valence electrons. The number of carbonyl (C=O) groups is 1. The quantitative estimate of drug-likeness (QED) is 0.507. The third-order valence-electron chi connectivity index (χ3n) is 1.40. The second-order valence-corrected chi connectivity index (χ2v) is 3.15. The van der Waals surface area contributed by atoms with Crippen molar-refractivity contribution in [3.05, 3.63) is 0 Å². The van der Waals surface area contributed by atoms with Crippen LogP contribution in [0.1, 0.15) is 26.7 Å². The number of hydrogen-bond donors (Lipinski definition) is 3. The van der Waals surface area contributed by atoms with Crippen molar-refractivity contribution in [2.75, 3.05) is 6.54 Å². The highest BCUT2D eigenvalue weighted by atomic mass is 16.3. The number of amides is 1. The van der Waals surface area contributed by atoms with Crippen molar-refractivity contribution in [1.29, 1.82) is 0 Å². The molecule has 12 heavy (non-hydrogen) atoms. The summed E-state index contributed by atoms with van der Waals surface area (Å²) in [4.78, 5) is 10.4. The molecule has 0 saturated carbocycles. The van der Waals surface area contributed by atoms with Gasteiger partial charge in [0.25, 0.3) is 0 Å². The van der Waals surface area contributed by atoms with Crippen LogP contribution in [0.25, 0.3) is 0 Å². The Hall–Kier alpha value is -0.610. The highest BCUT2D eigenvalue weighted by Gasteiger charge is 2.18. The zero-order valence-corrected chi connectivity index (χ0v) is 7.71. The molecule has 4 nitrogen and oxygen atoms in total. The largest absolute Gasteiger partial charge is 0.394 e. The van der Waals surface area contributed by atoms with Gasteiger partial charge in [0.1, 0.15) is 0 Å². The summed E-state index contributed by atoms with van der Waals surface area (Å²) in [7, 11) is 0. The van der Waals surface area contributed by atoms with Gasteiger partial charge >= 0.3 is 0 Å². The summed E-state index contributed by atoms with van der Waals surface area (Å²) in [5.41, 5.74) is 5.00. The summed E-state index contributed by atoms with van der Waals surface area (Å²) < 4.78 is 0. The van der Waals surface area contributed by atoms with Crippen molar-refractivity contribution in [2.45, 2.75) is 38.8 Å². The number of nitrogens with one attached hydrogen (secondary N) is 1. The summed E-state index contributed by atoms with van der Waals surface area (Å²) in [6.45, 7) is 4.38. The van der Waals surface area contributed by atoms with Crippen LogP contribution >= 0.6 is 0 Å². The van der Waals surface area contributed by atoms with Gasteiger partial charge in [-0.05, 0) is 33.2 Å². The van der Waals surface area contributed by atoms with Crippen molar-refractivity contribution in [1.82, 2.24) is 5.32 Å². The number of hydrogen-bond acceptors (Lipinski definition) is 3. The number of aliphatic hydroxyl groups is 1. The lowest BCUT2D eigenvalue weighted by atomic mass is 10.2. The van der Waals surface area contributed by atoms with Gasteiger partial charge in [0.15, 0.2) is 0 Å². The SMILES string of the molecule is CC(C)O.NC(=O)C1CCCN1. The van der Waals surface area contributed by atoms with Crippen molar-refractivity contribution < 1.29 is 9.90 Å². The summed E-state index contributed by atoms with van der Waals surface area (Å²) >= 11 is 0. The van der Waals surface area contributed by atoms with Crippen molar-refractivity contribution >= 4 is 5.91 Å². The lowest BCUT2D eigenvalue weighted by Crippen LogP contribution is -2.36. The van der Waals surface area contributed by atoms with Gasteiger partial charge in [0.05, 0.1) is 6.04 Å². The summed E-state index contributed by atoms with van der Waals surface area (Å²) in [5.74, 6) is -0.220. The predicted octanol–water partition coefficient (Wildman–Crippen LogP) is -0.389. The van der Waals surface area contributed by atoms with Gasteiger partial charge in [-0.2, -0.15) is 0 Å². The van der Waals surface area contributed by atoms with Gasteiger partial charge < -0.3 is 16.2 Å². The molecule has 1 unspecified atom stereocenters. The molecule has 4 N–H and O–H groups in total. The average Bonchev–Trinajstić information content (AvgIpc) is 2.34. The number of aliphatic hydroxyl groups excluding tert-OH is 1. The van der Waals surface area contributed by atoms with Gasteiger partial charge in [-0.25, -0.2) is 0 Å². The number of primary amides is 1. The zero-order chi connectivity index (χ0) is 9.56. The minimum Gasteiger partial charge on any atom is -0.394 e. The Morgan fingerprint density at radius 2 is 2.17 bits per heavy atom. The topological polar surface area (TPSA) is 75.3 Å². The molecule has 0 spiro atoms. The Morgan fingerprint density at radius 1 is 1.67 bits per heavy atom. The molecule has 1 fully saturated rings. The van der Waals surface area contributed by atoms with Crippen LogP contribution in [0.4, 0.5) is 0 Å². The van der Waals surface area contributed by atoms with Crippen LogP contribution in [-0.2, 0) is 4.79 Å². The smallest absolute Gasteiger partial charge is 0.234 e. The number of carbonyl (C=O) groups excluding carboxylic acids is 1. The van der Waals surface area contributed by atoms with E-state index in [9.17, 15) is 4.79 Å². The van der Waals surface area contributed by atoms with Crippen molar-refractivity contribution in [2.24, 2.45) is 5.73 Å². The normalized spacial score (nSPS) is 21.8. The van der Waals surface area contributed by atoms with Crippen LogP contribution in [0.15, 0.2) is 0 Å². The highest BCUT2D eigenvalue weighted by molar-refractivity contribution is 5.80. The van der Waals surface area contributed by atoms with E-state index in [-0.39, 0.29) is 18.1 Å². The minimum atomic E-state index is -0.220. The summed E-state index contributed by atoms with van der Waals surface area (Å²) in [5, 5.41) is 11.0.